The van der Waals surface area contributed by atoms with Gasteiger partial charge in [-0.05, 0) is 5.56 Å². The Kier molecular flexibility index (Phi) is 4.47. The molecule has 2 rings (SSSR count). The minimum atomic E-state index is 0.0626. The van der Waals surface area contributed by atoms with Crippen LogP contribution in [0.15, 0.2) is 35.7 Å². The van der Waals surface area contributed by atoms with Crippen molar-refractivity contribution in [2.75, 3.05) is 0 Å². The Bertz CT molecular complexity index is 508. The smallest absolute Gasteiger partial charge is 0.220 e. The first-order valence-electron chi connectivity index (χ1n) is 6.02. The number of nitrogens with one attached hydrogen (secondary N) is 1. The summed E-state index contributed by atoms with van der Waals surface area (Å²) in [5, 5.41) is 5.92. The summed E-state index contributed by atoms with van der Waals surface area (Å²) in [4.78, 5) is 15.7. The van der Waals surface area contributed by atoms with Crippen molar-refractivity contribution >= 4 is 17.2 Å². The number of carbonyl (C=O) groups excluding carboxylic acids is 1. The number of carbonyl (C=O) groups is 1. The van der Waals surface area contributed by atoms with Crippen LogP contribution in [0.4, 0.5) is 0 Å². The molecule has 2 aromatic rings. The lowest BCUT2D eigenvalue weighted by Gasteiger charge is -1.99. The van der Waals surface area contributed by atoms with Gasteiger partial charge in [-0.25, -0.2) is 4.98 Å². The Labute approximate surface area is 111 Å². The third kappa shape index (κ3) is 3.67. The summed E-state index contributed by atoms with van der Waals surface area (Å²) < 4.78 is 0. The van der Waals surface area contributed by atoms with Crippen LogP contribution in [0, 0.1) is 0 Å². The van der Waals surface area contributed by atoms with Crippen molar-refractivity contribution in [3.63, 3.8) is 0 Å². The van der Waals surface area contributed by atoms with E-state index >= 15 is 0 Å². The third-order valence-corrected chi connectivity index (χ3v) is 3.48. The summed E-state index contributed by atoms with van der Waals surface area (Å²) >= 11 is 1.64. The lowest BCUT2D eigenvalue weighted by molar-refractivity contribution is -0.120. The van der Waals surface area contributed by atoms with E-state index in [1.165, 1.54) is 5.56 Å². The third-order valence-electron chi connectivity index (χ3n) is 2.59. The van der Waals surface area contributed by atoms with E-state index in [0.29, 0.717) is 13.0 Å². The van der Waals surface area contributed by atoms with E-state index in [1.807, 2.05) is 30.5 Å². The molecular weight excluding hydrogens is 244 g/mol. The molecule has 18 heavy (non-hydrogen) atoms. The number of aromatic nitrogens is 1. The van der Waals surface area contributed by atoms with Crippen molar-refractivity contribution in [1.29, 1.82) is 0 Å². The highest BCUT2D eigenvalue weighted by Gasteiger charge is 2.04. The number of amides is 1. The predicted molar refractivity (Wildman–Crippen MR) is 73.5 cm³/mol. The van der Waals surface area contributed by atoms with Crippen LogP contribution in [0.2, 0.25) is 0 Å². The van der Waals surface area contributed by atoms with Gasteiger partial charge in [-0.15, -0.1) is 11.3 Å². The zero-order chi connectivity index (χ0) is 12.8. The molecule has 0 bridgehead atoms. The Morgan fingerprint density at radius 2 is 2.11 bits per heavy atom. The second kappa shape index (κ2) is 6.31. The highest BCUT2D eigenvalue weighted by molar-refractivity contribution is 7.09. The van der Waals surface area contributed by atoms with E-state index in [9.17, 15) is 4.79 Å². The van der Waals surface area contributed by atoms with Gasteiger partial charge < -0.3 is 5.32 Å². The van der Waals surface area contributed by atoms with Crippen LogP contribution in [0.1, 0.15) is 29.6 Å². The molecule has 0 fully saturated rings. The molecule has 1 aromatic carbocycles. The fourth-order valence-electron chi connectivity index (χ4n) is 1.60. The average Bonchev–Trinajstić information content (AvgIpc) is 2.85. The van der Waals surface area contributed by atoms with E-state index in [2.05, 4.69) is 22.4 Å². The van der Waals surface area contributed by atoms with Crippen LogP contribution in [-0.2, 0) is 17.8 Å². The quantitative estimate of drug-likeness (QED) is 0.898. The van der Waals surface area contributed by atoms with Gasteiger partial charge in [0.05, 0.1) is 17.2 Å². The maximum absolute atomic E-state index is 11.1. The van der Waals surface area contributed by atoms with Crippen LogP contribution in [-0.4, -0.2) is 10.9 Å². The molecular formula is C14H16N2OS. The summed E-state index contributed by atoms with van der Waals surface area (Å²) in [5.74, 6) is 0.0626. The van der Waals surface area contributed by atoms with Crippen molar-refractivity contribution in [2.24, 2.45) is 0 Å². The molecule has 0 aliphatic rings. The van der Waals surface area contributed by atoms with Crippen molar-refractivity contribution < 1.29 is 4.79 Å². The summed E-state index contributed by atoms with van der Waals surface area (Å²) in [6.45, 7) is 2.37. The topological polar surface area (TPSA) is 42.0 Å². The van der Waals surface area contributed by atoms with Crippen molar-refractivity contribution in [2.45, 2.75) is 26.3 Å². The zero-order valence-electron chi connectivity index (χ0n) is 10.3. The molecule has 3 nitrogen and oxygen atoms in total. The van der Waals surface area contributed by atoms with Gasteiger partial charge in [0.1, 0.15) is 0 Å². The standard InChI is InChI=1S/C14H16N2OS/c1-2-13(17)15-9-12-10-18-14(16-12)8-11-6-4-3-5-7-11/h3-7,10H,2,8-9H2,1H3,(H,15,17). The molecule has 4 heteroatoms. The molecule has 0 saturated heterocycles. The Hall–Kier alpha value is -1.68. The van der Waals surface area contributed by atoms with Crippen LogP contribution < -0.4 is 5.32 Å². The lowest BCUT2D eigenvalue weighted by atomic mass is 10.2. The molecule has 0 spiro atoms. The highest BCUT2D eigenvalue weighted by atomic mass is 32.1. The monoisotopic (exact) mass is 260 g/mol. The number of hydrogen-bond acceptors (Lipinski definition) is 3. The number of thiazole rings is 1. The van der Waals surface area contributed by atoms with E-state index < -0.39 is 0 Å². The number of nitrogens with zero attached hydrogens (tertiary/aromatic N) is 1. The average molecular weight is 260 g/mol. The van der Waals surface area contributed by atoms with Gasteiger partial charge >= 0.3 is 0 Å². The number of rotatable bonds is 5. The molecule has 0 unspecified atom stereocenters. The fourth-order valence-corrected chi connectivity index (χ4v) is 2.42. The van der Waals surface area contributed by atoms with E-state index in [4.69, 9.17) is 0 Å². The van der Waals surface area contributed by atoms with E-state index in [0.717, 1.165) is 17.1 Å². The summed E-state index contributed by atoms with van der Waals surface area (Å²) in [5.41, 5.74) is 2.20. The molecule has 1 heterocycles. The van der Waals surface area contributed by atoms with E-state index in [-0.39, 0.29) is 5.91 Å². The summed E-state index contributed by atoms with van der Waals surface area (Å²) in [6.07, 6.45) is 1.37. The zero-order valence-corrected chi connectivity index (χ0v) is 11.2. The second-order valence-corrected chi connectivity index (χ2v) is 4.97. The van der Waals surface area contributed by atoms with E-state index in [1.54, 1.807) is 11.3 Å². The number of hydrogen-bond donors (Lipinski definition) is 1. The molecule has 94 valence electrons. The van der Waals surface area contributed by atoms with Gasteiger partial charge in [0.25, 0.3) is 0 Å². The Balaban J connectivity index is 1.92. The molecule has 1 N–H and O–H groups in total. The van der Waals surface area contributed by atoms with Gasteiger partial charge in [0, 0.05) is 18.2 Å². The molecule has 0 radical (unpaired) electrons. The predicted octanol–water partition coefficient (Wildman–Crippen LogP) is 2.76. The molecule has 0 saturated carbocycles. The van der Waals surface area contributed by atoms with Gasteiger partial charge in [0.2, 0.25) is 5.91 Å². The Morgan fingerprint density at radius 3 is 2.83 bits per heavy atom. The molecule has 1 amide bonds. The van der Waals surface area contributed by atoms with Gasteiger partial charge in [-0.3, -0.25) is 4.79 Å². The van der Waals surface area contributed by atoms with Crippen LogP contribution >= 0.6 is 11.3 Å². The first kappa shape index (κ1) is 12.8. The minimum absolute atomic E-state index is 0.0626. The molecule has 1 aromatic heterocycles. The fraction of sp³-hybridized carbons (Fsp3) is 0.286. The summed E-state index contributed by atoms with van der Waals surface area (Å²) in [6, 6.07) is 10.3. The van der Waals surface area contributed by atoms with Crippen molar-refractivity contribution in [3.8, 4) is 0 Å². The second-order valence-electron chi connectivity index (χ2n) is 4.03. The normalized spacial score (nSPS) is 10.3. The Morgan fingerprint density at radius 1 is 1.33 bits per heavy atom. The van der Waals surface area contributed by atoms with Crippen LogP contribution in [0.25, 0.3) is 0 Å². The van der Waals surface area contributed by atoms with Gasteiger partial charge in [0.15, 0.2) is 0 Å². The van der Waals surface area contributed by atoms with Gasteiger partial charge in [-0.2, -0.15) is 0 Å². The largest absolute Gasteiger partial charge is 0.350 e. The van der Waals surface area contributed by atoms with Crippen molar-refractivity contribution in [1.82, 2.24) is 10.3 Å². The maximum atomic E-state index is 11.1. The minimum Gasteiger partial charge on any atom is -0.350 e. The first-order valence-corrected chi connectivity index (χ1v) is 6.90. The van der Waals surface area contributed by atoms with Crippen LogP contribution in [0.5, 0.6) is 0 Å². The highest BCUT2D eigenvalue weighted by Crippen LogP contribution is 2.14. The molecule has 0 atom stereocenters. The molecule has 0 aliphatic carbocycles. The lowest BCUT2D eigenvalue weighted by Crippen LogP contribution is -2.21. The number of benzene rings is 1. The molecule has 0 aliphatic heterocycles. The first-order chi connectivity index (χ1) is 8.78. The van der Waals surface area contributed by atoms with Crippen molar-refractivity contribution in [3.05, 3.63) is 52.0 Å². The SMILES string of the molecule is CCC(=O)NCc1csc(Cc2ccccc2)n1. The van der Waals surface area contributed by atoms with Gasteiger partial charge in [-0.1, -0.05) is 37.3 Å². The summed E-state index contributed by atoms with van der Waals surface area (Å²) in [7, 11) is 0. The van der Waals surface area contributed by atoms with Crippen LogP contribution in [0.3, 0.4) is 0 Å². The maximum Gasteiger partial charge on any atom is 0.220 e.